The van der Waals surface area contributed by atoms with Gasteiger partial charge >= 0.3 is 0 Å². The number of para-hydroxylation sites is 2. The second-order valence-electron chi connectivity index (χ2n) is 5.90. The van der Waals surface area contributed by atoms with Crippen LogP contribution in [0.5, 0.6) is 0 Å². The van der Waals surface area contributed by atoms with Crippen LogP contribution in [0.2, 0.25) is 0 Å². The van der Waals surface area contributed by atoms with Gasteiger partial charge in [-0.1, -0.05) is 12.1 Å². The first-order chi connectivity index (χ1) is 11.8. The molecule has 0 saturated carbocycles. The van der Waals surface area contributed by atoms with Crippen LogP contribution < -0.4 is 11.1 Å². The molecular weight excluding hydrogens is 320 g/mol. The number of H-pyrrole nitrogens is 1. The number of anilines is 2. The summed E-state index contributed by atoms with van der Waals surface area (Å²) in [6, 6.07) is 8.06. The third-order valence-corrected chi connectivity index (χ3v) is 5.19. The molecule has 0 saturated heterocycles. The number of nitrogens with two attached hydrogens (primary N) is 1. The molecular formula is C17H20N6S. The number of aromatic nitrogens is 3. The maximum Gasteiger partial charge on any atom is 0.107 e. The van der Waals surface area contributed by atoms with Gasteiger partial charge in [0.2, 0.25) is 0 Å². The normalized spacial score (nSPS) is 17.6. The largest absolute Gasteiger partial charge is 0.397 e. The zero-order valence-electron chi connectivity index (χ0n) is 13.3. The summed E-state index contributed by atoms with van der Waals surface area (Å²) in [4.78, 5) is 14.7. The van der Waals surface area contributed by atoms with Crippen molar-refractivity contribution in [3.63, 3.8) is 0 Å². The highest BCUT2D eigenvalue weighted by Crippen LogP contribution is 2.30. The van der Waals surface area contributed by atoms with Crippen LogP contribution in [0.25, 0.3) is 0 Å². The number of benzene rings is 1. The number of imidazole rings is 1. The summed E-state index contributed by atoms with van der Waals surface area (Å²) in [7, 11) is 0. The van der Waals surface area contributed by atoms with Crippen molar-refractivity contribution in [2.24, 2.45) is 0 Å². The van der Waals surface area contributed by atoms with E-state index in [0.29, 0.717) is 0 Å². The van der Waals surface area contributed by atoms with E-state index in [-0.39, 0.29) is 6.04 Å². The second-order valence-corrected chi connectivity index (χ2v) is 6.88. The molecule has 1 aliphatic heterocycles. The Bertz CT molecular complexity index is 797. The highest BCUT2D eigenvalue weighted by atomic mass is 32.1. The minimum Gasteiger partial charge on any atom is -0.397 e. The Hall–Kier alpha value is -2.38. The predicted molar refractivity (Wildman–Crippen MR) is 96.9 cm³/mol. The minimum absolute atomic E-state index is 0.198. The van der Waals surface area contributed by atoms with Crippen molar-refractivity contribution < 1.29 is 0 Å². The fourth-order valence-corrected chi connectivity index (χ4v) is 3.83. The molecule has 3 aromatic rings. The van der Waals surface area contributed by atoms with Gasteiger partial charge in [0.15, 0.2) is 0 Å². The molecule has 1 aromatic carbocycles. The monoisotopic (exact) mass is 340 g/mol. The third-order valence-electron chi connectivity index (χ3n) is 4.43. The third kappa shape index (κ3) is 3.00. The van der Waals surface area contributed by atoms with Crippen molar-refractivity contribution in [3.05, 3.63) is 58.6 Å². The summed E-state index contributed by atoms with van der Waals surface area (Å²) in [6.07, 6.45) is 4.65. The first kappa shape index (κ1) is 15.2. The number of nitrogens with one attached hydrogen (secondary N) is 2. The van der Waals surface area contributed by atoms with Crippen LogP contribution in [0.15, 0.2) is 42.2 Å². The number of aromatic amines is 1. The maximum absolute atomic E-state index is 6.05. The van der Waals surface area contributed by atoms with E-state index >= 15 is 0 Å². The molecule has 0 aliphatic carbocycles. The number of nitrogen functional groups attached to an aromatic ring is 1. The Morgan fingerprint density at radius 1 is 1.33 bits per heavy atom. The first-order valence-electron chi connectivity index (χ1n) is 8.04. The van der Waals surface area contributed by atoms with E-state index in [9.17, 15) is 0 Å². The zero-order valence-corrected chi connectivity index (χ0v) is 14.1. The van der Waals surface area contributed by atoms with E-state index in [2.05, 4.69) is 25.2 Å². The molecule has 0 bridgehead atoms. The lowest BCUT2D eigenvalue weighted by molar-refractivity contribution is 0.180. The van der Waals surface area contributed by atoms with Crippen molar-refractivity contribution in [1.82, 2.24) is 19.9 Å². The van der Waals surface area contributed by atoms with Crippen molar-refractivity contribution in [2.45, 2.75) is 19.0 Å². The fourth-order valence-electron chi connectivity index (χ4n) is 3.19. The van der Waals surface area contributed by atoms with Gasteiger partial charge in [0, 0.05) is 36.8 Å². The second kappa shape index (κ2) is 6.62. The lowest BCUT2D eigenvalue weighted by Gasteiger charge is -2.34. The van der Waals surface area contributed by atoms with Gasteiger partial charge in [-0.3, -0.25) is 4.90 Å². The average Bonchev–Trinajstić information content (AvgIpc) is 3.26. The van der Waals surface area contributed by atoms with Gasteiger partial charge in [0.25, 0.3) is 0 Å². The van der Waals surface area contributed by atoms with Crippen molar-refractivity contribution in [1.29, 1.82) is 0 Å². The van der Waals surface area contributed by atoms with E-state index in [1.807, 2.05) is 35.8 Å². The molecule has 4 rings (SSSR count). The standard InChI is InChI=1S/C17H20N6S/c18-12-3-1-2-4-13(12)20-9-15-17-14(21-11-22-17)5-7-23(15)10-16-19-6-8-24-16/h1-4,6,8,11,15,20H,5,7,9-10,18H2,(H,21,22). The van der Waals surface area contributed by atoms with Gasteiger partial charge in [-0.2, -0.15) is 0 Å². The molecule has 2 aromatic heterocycles. The SMILES string of the molecule is Nc1ccccc1NCC1c2nc[nH]c2CCN1Cc1nccs1. The summed E-state index contributed by atoms with van der Waals surface area (Å²) in [5, 5.41) is 6.65. The molecule has 0 amide bonds. The van der Waals surface area contributed by atoms with Crippen LogP contribution in [0.3, 0.4) is 0 Å². The number of rotatable bonds is 5. The van der Waals surface area contributed by atoms with Crippen LogP contribution in [0.4, 0.5) is 11.4 Å². The van der Waals surface area contributed by atoms with Crippen LogP contribution in [-0.2, 0) is 13.0 Å². The number of fused-ring (bicyclic) bond motifs is 1. The Balaban J connectivity index is 1.55. The zero-order chi connectivity index (χ0) is 16.4. The number of thiazole rings is 1. The smallest absolute Gasteiger partial charge is 0.107 e. The van der Waals surface area contributed by atoms with Gasteiger partial charge in [0.1, 0.15) is 5.01 Å². The minimum atomic E-state index is 0.198. The van der Waals surface area contributed by atoms with E-state index in [0.717, 1.165) is 48.1 Å². The van der Waals surface area contributed by atoms with E-state index in [4.69, 9.17) is 5.73 Å². The van der Waals surface area contributed by atoms with Crippen LogP contribution in [0, 0.1) is 0 Å². The molecule has 24 heavy (non-hydrogen) atoms. The lowest BCUT2D eigenvalue weighted by Crippen LogP contribution is -2.38. The van der Waals surface area contributed by atoms with Crippen molar-refractivity contribution >= 4 is 22.7 Å². The lowest BCUT2D eigenvalue weighted by atomic mass is 10.0. The van der Waals surface area contributed by atoms with E-state index < -0.39 is 0 Å². The first-order valence-corrected chi connectivity index (χ1v) is 8.92. The van der Waals surface area contributed by atoms with Crippen LogP contribution >= 0.6 is 11.3 Å². The van der Waals surface area contributed by atoms with Crippen LogP contribution in [0.1, 0.15) is 22.4 Å². The van der Waals surface area contributed by atoms with Crippen molar-refractivity contribution in [2.75, 3.05) is 24.1 Å². The Labute approximate surface area is 144 Å². The highest BCUT2D eigenvalue weighted by Gasteiger charge is 2.30. The summed E-state index contributed by atoms with van der Waals surface area (Å²) < 4.78 is 0. The molecule has 6 nitrogen and oxygen atoms in total. The Kier molecular flexibility index (Phi) is 4.18. The molecule has 7 heteroatoms. The predicted octanol–water partition coefficient (Wildman–Crippen LogP) is 2.66. The van der Waals surface area contributed by atoms with Gasteiger partial charge < -0.3 is 16.0 Å². The molecule has 0 radical (unpaired) electrons. The molecule has 3 heterocycles. The average molecular weight is 340 g/mol. The Morgan fingerprint density at radius 2 is 2.25 bits per heavy atom. The molecule has 1 unspecified atom stereocenters. The quantitative estimate of drug-likeness (QED) is 0.622. The van der Waals surface area contributed by atoms with Crippen molar-refractivity contribution in [3.8, 4) is 0 Å². The fraction of sp³-hybridized carbons (Fsp3) is 0.294. The molecule has 1 aliphatic rings. The number of hydrogen-bond acceptors (Lipinski definition) is 6. The van der Waals surface area contributed by atoms with Gasteiger partial charge in [-0.05, 0) is 12.1 Å². The van der Waals surface area contributed by atoms with E-state index in [1.165, 1.54) is 5.69 Å². The summed E-state index contributed by atoms with van der Waals surface area (Å²) >= 11 is 1.70. The van der Waals surface area contributed by atoms with Crippen LogP contribution in [-0.4, -0.2) is 32.9 Å². The van der Waals surface area contributed by atoms with Gasteiger partial charge in [-0.15, -0.1) is 11.3 Å². The summed E-state index contributed by atoms with van der Waals surface area (Å²) in [5.74, 6) is 0. The number of hydrogen-bond donors (Lipinski definition) is 3. The molecule has 0 spiro atoms. The maximum atomic E-state index is 6.05. The van der Waals surface area contributed by atoms with Gasteiger partial charge in [-0.25, -0.2) is 9.97 Å². The molecule has 4 N–H and O–H groups in total. The highest BCUT2D eigenvalue weighted by molar-refractivity contribution is 7.09. The molecule has 124 valence electrons. The van der Waals surface area contributed by atoms with Gasteiger partial charge in [0.05, 0.1) is 36.0 Å². The topological polar surface area (TPSA) is 82.9 Å². The van der Waals surface area contributed by atoms with E-state index in [1.54, 1.807) is 17.7 Å². The summed E-state index contributed by atoms with van der Waals surface area (Å²) in [6.45, 7) is 2.60. The Morgan fingerprint density at radius 3 is 3.08 bits per heavy atom. The summed E-state index contributed by atoms with van der Waals surface area (Å²) in [5.41, 5.74) is 10.1. The molecule has 0 fully saturated rings. The number of nitrogens with zero attached hydrogens (tertiary/aromatic N) is 3. The molecule has 1 atom stereocenters.